The number of benzene rings is 2. The third-order valence-electron chi connectivity index (χ3n) is 5.06. The molecule has 0 spiro atoms. The van der Waals surface area contributed by atoms with Gasteiger partial charge in [-0.25, -0.2) is 4.79 Å². The number of aryl methyl sites for hydroxylation is 1. The highest BCUT2D eigenvalue weighted by molar-refractivity contribution is 5.94. The van der Waals surface area contributed by atoms with E-state index in [-0.39, 0.29) is 18.0 Å². The van der Waals surface area contributed by atoms with Gasteiger partial charge in [-0.2, -0.15) is 0 Å². The number of ether oxygens (including phenoxy) is 1. The summed E-state index contributed by atoms with van der Waals surface area (Å²) < 4.78 is 5.47. The SMILES string of the molecule is CC(=O)N1c2ccc(-c3cccc(C)c3)cc2C(NC(=O)OC(C)(C)C)CC1C. The number of rotatable bonds is 2. The molecule has 1 heterocycles. The fraction of sp³-hybridized carbons (Fsp3) is 0.417. The van der Waals surface area contributed by atoms with Gasteiger partial charge < -0.3 is 15.0 Å². The van der Waals surface area contributed by atoms with Gasteiger partial charge in [-0.3, -0.25) is 4.79 Å². The molecule has 0 saturated heterocycles. The molecule has 0 saturated carbocycles. The van der Waals surface area contributed by atoms with Crippen molar-refractivity contribution in [2.45, 2.75) is 65.6 Å². The lowest BCUT2D eigenvalue weighted by atomic mass is 9.89. The average molecular weight is 395 g/mol. The van der Waals surface area contributed by atoms with Crippen LogP contribution in [0.25, 0.3) is 11.1 Å². The van der Waals surface area contributed by atoms with Crippen LogP contribution in [0.3, 0.4) is 0 Å². The van der Waals surface area contributed by atoms with Crippen molar-refractivity contribution >= 4 is 17.7 Å². The van der Waals surface area contributed by atoms with Gasteiger partial charge in [-0.15, -0.1) is 0 Å². The minimum Gasteiger partial charge on any atom is -0.444 e. The minimum atomic E-state index is -0.567. The van der Waals surface area contributed by atoms with E-state index in [0.717, 1.165) is 22.4 Å². The maximum Gasteiger partial charge on any atom is 0.408 e. The van der Waals surface area contributed by atoms with Gasteiger partial charge in [0.15, 0.2) is 0 Å². The fourth-order valence-corrected chi connectivity index (χ4v) is 3.93. The van der Waals surface area contributed by atoms with Crippen LogP contribution in [0.2, 0.25) is 0 Å². The van der Waals surface area contributed by atoms with E-state index in [2.05, 4.69) is 36.5 Å². The Morgan fingerprint density at radius 3 is 2.41 bits per heavy atom. The first-order valence-corrected chi connectivity index (χ1v) is 10.1. The molecule has 5 nitrogen and oxygen atoms in total. The Bertz CT molecular complexity index is 930. The van der Waals surface area contributed by atoms with Crippen LogP contribution in [0.4, 0.5) is 10.5 Å². The van der Waals surface area contributed by atoms with Crippen LogP contribution in [-0.4, -0.2) is 23.6 Å². The van der Waals surface area contributed by atoms with Gasteiger partial charge in [0.25, 0.3) is 0 Å². The third-order valence-corrected chi connectivity index (χ3v) is 5.06. The number of anilines is 1. The molecule has 1 N–H and O–H groups in total. The largest absolute Gasteiger partial charge is 0.444 e. The van der Waals surface area contributed by atoms with E-state index >= 15 is 0 Å². The minimum absolute atomic E-state index is 0.00206. The zero-order chi connectivity index (χ0) is 21.3. The zero-order valence-electron chi connectivity index (χ0n) is 18.1. The van der Waals surface area contributed by atoms with E-state index in [1.165, 1.54) is 5.56 Å². The predicted octanol–water partition coefficient (Wildman–Crippen LogP) is 5.37. The first-order chi connectivity index (χ1) is 13.5. The van der Waals surface area contributed by atoms with Gasteiger partial charge in [0.1, 0.15) is 5.60 Å². The van der Waals surface area contributed by atoms with Gasteiger partial charge >= 0.3 is 6.09 Å². The Balaban J connectivity index is 2.02. The van der Waals surface area contributed by atoms with E-state index in [0.29, 0.717) is 6.42 Å². The van der Waals surface area contributed by atoms with Crippen molar-refractivity contribution in [2.24, 2.45) is 0 Å². The molecule has 0 bridgehead atoms. The highest BCUT2D eigenvalue weighted by Crippen LogP contribution is 2.39. The summed E-state index contributed by atoms with van der Waals surface area (Å²) in [5.74, 6) is -0.00206. The number of hydrogen-bond acceptors (Lipinski definition) is 3. The molecule has 2 atom stereocenters. The molecular formula is C24H30N2O3. The van der Waals surface area contributed by atoms with Crippen LogP contribution >= 0.6 is 0 Å². The standard InChI is InChI=1S/C24H30N2O3/c1-15-8-7-9-18(12-15)19-10-11-22-20(14-19)21(13-16(2)26(22)17(3)27)25-23(28)29-24(4,5)6/h7-12,14,16,21H,13H2,1-6H3,(H,25,28). The van der Waals surface area contributed by atoms with Crippen molar-refractivity contribution in [2.75, 3.05) is 4.90 Å². The van der Waals surface area contributed by atoms with E-state index in [9.17, 15) is 9.59 Å². The van der Waals surface area contributed by atoms with Crippen LogP contribution in [0.5, 0.6) is 0 Å². The van der Waals surface area contributed by atoms with E-state index in [1.807, 2.05) is 50.8 Å². The molecule has 1 aliphatic rings. The molecule has 29 heavy (non-hydrogen) atoms. The van der Waals surface area contributed by atoms with Crippen molar-refractivity contribution in [1.29, 1.82) is 0 Å². The number of nitrogens with one attached hydrogen (secondary N) is 1. The summed E-state index contributed by atoms with van der Waals surface area (Å²) in [4.78, 5) is 26.6. The highest BCUT2D eigenvalue weighted by Gasteiger charge is 2.34. The molecular weight excluding hydrogens is 364 g/mol. The molecule has 0 aliphatic carbocycles. The molecule has 1 aliphatic heterocycles. The second kappa shape index (κ2) is 7.90. The van der Waals surface area contributed by atoms with Gasteiger partial charge in [-0.05, 0) is 69.9 Å². The smallest absolute Gasteiger partial charge is 0.408 e. The summed E-state index contributed by atoms with van der Waals surface area (Å²) in [5, 5.41) is 3.01. The maximum absolute atomic E-state index is 12.4. The zero-order valence-corrected chi connectivity index (χ0v) is 18.1. The van der Waals surface area contributed by atoms with Crippen molar-refractivity contribution in [3.63, 3.8) is 0 Å². The fourth-order valence-electron chi connectivity index (χ4n) is 3.93. The van der Waals surface area contributed by atoms with Gasteiger partial charge in [0, 0.05) is 18.7 Å². The summed E-state index contributed by atoms with van der Waals surface area (Å²) in [6, 6.07) is 14.1. The van der Waals surface area contributed by atoms with E-state index in [1.54, 1.807) is 6.92 Å². The van der Waals surface area contributed by atoms with Crippen molar-refractivity contribution in [3.05, 3.63) is 53.6 Å². The van der Waals surface area contributed by atoms with Gasteiger partial charge in [0.2, 0.25) is 5.91 Å². The normalized spacial score (nSPS) is 18.8. The van der Waals surface area contributed by atoms with Crippen LogP contribution in [-0.2, 0) is 9.53 Å². The molecule has 0 aromatic heterocycles. The Labute approximate surface area is 173 Å². The van der Waals surface area contributed by atoms with Crippen LogP contribution in [0, 0.1) is 6.92 Å². The quantitative estimate of drug-likeness (QED) is 0.745. The number of fused-ring (bicyclic) bond motifs is 1. The lowest BCUT2D eigenvalue weighted by molar-refractivity contribution is -0.117. The number of alkyl carbamates (subject to hydrolysis) is 1. The Morgan fingerprint density at radius 2 is 1.79 bits per heavy atom. The van der Waals surface area contributed by atoms with Crippen molar-refractivity contribution in [1.82, 2.24) is 5.32 Å². The van der Waals surface area contributed by atoms with Crippen molar-refractivity contribution in [3.8, 4) is 11.1 Å². The Hall–Kier alpha value is -2.82. The summed E-state index contributed by atoms with van der Waals surface area (Å²) in [5.41, 5.74) is 4.56. The number of nitrogens with zero attached hydrogens (tertiary/aromatic N) is 1. The molecule has 2 amide bonds. The Kier molecular flexibility index (Phi) is 5.69. The number of amides is 2. The van der Waals surface area contributed by atoms with E-state index in [4.69, 9.17) is 4.74 Å². The summed E-state index contributed by atoms with van der Waals surface area (Å²) in [7, 11) is 0. The summed E-state index contributed by atoms with van der Waals surface area (Å²) >= 11 is 0. The average Bonchev–Trinajstić information content (AvgIpc) is 2.59. The maximum atomic E-state index is 12.4. The molecule has 0 fully saturated rings. The van der Waals surface area contributed by atoms with Gasteiger partial charge in [0.05, 0.1) is 6.04 Å². The van der Waals surface area contributed by atoms with E-state index < -0.39 is 11.7 Å². The first kappa shape index (κ1) is 20.9. The monoisotopic (exact) mass is 394 g/mol. The number of hydrogen-bond donors (Lipinski definition) is 1. The summed E-state index contributed by atoms with van der Waals surface area (Å²) in [6.07, 6.45) is 0.182. The second-order valence-corrected chi connectivity index (χ2v) is 8.82. The van der Waals surface area contributed by atoms with Crippen LogP contribution in [0.15, 0.2) is 42.5 Å². The topological polar surface area (TPSA) is 58.6 Å². The Morgan fingerprint density at radius 1 is 1.10 bits per heavy atom. The van der Waals surface area contributed by atoms with Crippen molar-refractivity contribution < 1.29 is 14.3 Å². The lowest BCUT2D eigenvalue weighted by Gasteiger charge is -2.39. The predicted molar refractivity (Wildman–Crippen MR) is 116 cm³/mol. The molecule has 3 rings (SSSR count). The number of carbonyl (C=O) groups excluding carboxylic acids is 2. The highest BCUT2D eigenvalue weighted by atomic mass is 16.6. The number of carbonyl (C=O) groups is 2. The van der Waals surface area contributed by atoms with Crippen LogP contribution in [0.1, 0.15) is 58.2 Å². The first-order valence-electron chi connectivity index (χ1n) is 10.1. The molecule has 2 unspecified atom stereocenters. The summed E-state index contributed by atoms with van der Waals surface area (Å²) in [6.45, 7) is 11.2. The third kappa shape index (κ3) is 4.78. The molecule has 0 radical (unpaired) electrons. The van der Waals surface area contributed by atoms with Gasteiger partial charge in [-0.1, -0.05) is 35.9 Å². The van der Waals surface area contributed by atoms with Crippen LogP contribution < -0.4 is 10.2 Å². The molecule has 5 heteroatoms. The lowest BCUT2D eigenvalue weighted by Crippen LogP contribution is -2.46. The second-order valence-electron chi connectivity index (χ2n) is 8.82. The molecule has 2 aromatic carbocycles. The molecule has 2 aromatic rings. The molecule has 154 valence electrons.